The standard InChI is InChI=1S/C28H36N4O2S/c1-22(2)32-27(24-12-7-4-8-13-24)26(23-10-5-3-6-11-23)30-28(32)35-21-9-14-25(33)29-15-16-31-17-19-34-20-18-31/h3-8,10-13,22H,9,14-21H2,1-2H3,(H,29,33). The van der Waals surface area contributed by atoms with Crippen molar-refractivity contribution in [3.05, 3.63) is 60.7 Å². The fraction of sp³-hybridized carbons (Fsp3) is 0.429. The molecule has 1 N–H and O–H groups in total. The molecule has 1 fully saturated rings. The van der Waals surface area contributed by atoms with Gasteiger partial charge in [0.25, 0.3) is 0 Å². The van der Waals surface area contributed by atoms with Crippen LogP contribution in [0.1, 0.15) is 32.7 Å². The third-order valence-electron chi connectivity index (χ3n) is 6.12. The van der Waals surface area contributed by atoms with Gasteiger partial charge in [-0.2, -0.15) is 0 Å². The maximum absolute atomic E-state index is 12.3. The van der Waals surface area contributed by atoms with Crippen molar-refractivity contribution in [1.82, 2.24) is 19.8 Å². The third kappa shape index (κ3) is 6.97. The van der Waals surface area contributed by atoms with Gasteiger partial charge in [-0.3, -0.25) is 9.69 Å². The zero-order valence-corrected chi connectivity index (χ0v) is 21.6. The maximum Gasteiger partial charge on any atom is 0.220 e. The number of benzene rings is 2. The van der Waals surface area contributed by atoms with Crippen LogP contribution in [0, 0.1) is 0 Å². The SMILES string of the molecule is CC(C)n1c(SCCCC(=O)NCCN2CCOCC2)nc(-c2ccccc2)c1-c1ccccc1. The summed E-state index contributed by atoms with van der Waals surface area (Å²) in [5.41, 5.74) is 4.44. The zero-order chi connectivity index (χ0) is 24.5. The molecule has 3 aromatic rings. The number of ether oxygens (including phenoxy) is 1. The number of carbonyl (C=O) groups is 1. The smallest absolute Gasteiger partial charge is 0.220 e. The highest BCUT2D eigenvalue weighted by Crippen LogP contribution is 2.38. The van der Waals surface area contributed by atoms with E-state index in [4.69, 9.17) is 9.72 Å². The molecular weight excluding hydrogens is 456 g/mol. The van der Waals surface area contributed by atoms with Crippen LogP contribution in [0.2, 0.25) is 0 Å². The number of imidazole rings is 1. The van der Waals surface area contributed by atoms with E-state index >= 15 is 0 Å². The fourth-order valence-electron chi connectivity index (χ4n) is 4.32. The first-order chi connectivity index (χ1) is 17.1. The van der Waals surface area contributed by atoms with Crippen LogP contribution >= 0.6 is 11.8 Å². The molecule has 35 heavy (non-hydrogen) atoms. The molecule has 2 aromatic carbocycles. The van der Waals surface area contributed by atoms with Gasteiger partial charge in [-0.05, 0) is 20.3 Å². The van der Waals surface area contributed by atoms with Gasteiger partial charge in [0.05, 0.1) is 24.6 Å². The van der Waals surface area contributed by atoms with E-state index in [2.05, 4.69) is 77.2 Å². The molecule has 1 amide bonds. The summed E-state index contributed by atoms with van der Waals surface area (Å²) in [5, 5.41) is 4.07. The Kier molecular flexibility index (Phi) is 9.40. The molecule has 186 valence electrons. The molecule has 0 atom stereocenters. The number of morpholine rings is 1. The van der Waals surface area contributed by atoms with Gasteiger partial charge in [0.1, 0.15) is 0 Å². The summed E-state index contributed by atoms with van der Waals surface area (Å²) in [4.78, 5) is 19.8. The first-order valence-corrected chi connectivity index (χ1v) is 13.5. The monoisotopic (exact) mass is 492 g/mol. The van der Waals surface area contributed by atoms with E-state index in [9.17, 15) is 4.79 Å². The van der Waals surface area contributed by atoms with Gasteiger partial charge in [-0.25, -0.2) is 4.98 Å². The average molecular weight is 493 g/mol. The van der Waals surface area contributed by atoms with Crippen LogP contribution in [0.5, 0.6) is 0 Å². The van der Waals surface area contributed by atoms with E-state index in [1.807, 2.05) is 12.1 Å². The number of nitrogens with zero attached hydrogens (tertiary/aromatic N) is 3. The fourth-order valence-corrected chi connectivity index (χ4v) is 5.39. The van der Waals surface area contributed by atoms with Crippen molar-refractivity contribution in [3.63, 3.8) is 0 Å². The molecular formula is C28H36N4O2S. The Hall–Kier alpha value is -2.61. The maximum atomic E-state index is 12.3. The van der Waals surface area contributed by atoms with Crippen LogP contribution in [0.15, 0.2) is 65.8 Å². The van der Waals surface area contributed by atoms with Crippen LogP contribution in [-0.4, -0.2) is 65.5 Å². The van der Waals surface area contributed by atoms with Crippen molar-refractivity contribution < 1.29 is 9.53 Å². The van der Waals surface area contributed by atoms with Gasteiger partial charge in [0, 0.05) is 55.5 Å². The molecule has 0 saturated carbocycles. The third-order valence-corrected chi connectivity index (χ3v) is 7.16. The molecule has 7 heteroatoms. The first kappa shape index (κ1) is 25.5. The minimum Gasteiger partial charge on any atom is -0.379 e. The molecule has 0 spiro atoms. The van der Waals surface area contributed by atoms with Crippen LogP contribution in [0.4, 0.5) is 0 Å². The molecule has 2 heterocycles. The molecule has 1 aliphatic heterocycles. The number of rotatable bonds is 11. The second-order valence-electron chi connectivity index (χ2n) is 9.04. The number of amides is 1. The predicted octanol–water partition coefficient (Wildman–Crippen LogP) is 5.12. The minimum atomic E-state index is 0.126. The van der Waals surface area contributed by atoms with Crippen molar-refractivity contribution in [2.24, 2.45) is 0 Å². The number of thioether (sulfide) groups is 1. The van der Waals surface area contributed by atoms with Gasteiger partial charge in [0.2, 0.25) is 5.91 Å². The zero-order valence-electron chi connectivity index (χ0n) is 20.8. The summed E-state index contributed by atoms with van der Waals surface area (Å²) in [5.74, 6) is 0.976. The topological polar surface area (TPSA) is 59.4 Å². The van der Waals surface area contributed by atoms with E-state index in [1.165, 1.54) is 5.56 Å². The molecule has 6 nitrogen and oxygen atoms in total. The molecule has 4 rings (SSSR count). The molecule has 0 aliphatic carbocycles. The summed E-state index contributed by atoms with van der Waals surface area (Å²) in [6.45, 7) is 9.47. The van der Waals surface area contributed by atoms with E-state index in [0.29, 0.717) is 13.0 Å². The molecule has 0 unspecified atom stereocenters. The van der Waals surface area contributed by atoms with Crippen molar-refractivity contribution in [2.75, 3.05) is 45.1 Å². The van der Waals surface area contributed by atoms with Crippen molar-refractivity contribution in [3.8, 4) is 22.5 Å². The summed E-state index contributed by atoms with van der Waals surface area (Å²) < 4.78 is 7.71. The molecule has 1 saturated heterocycles. The number of nitrogens with one attached hydrogen (secondary N) is 1. The molecule has 1 aliphatic rings. The lowest BCUT2D eigenvalue weighted by Crippen LogP contribution is -2.41. The normalized spacial score (nSPS) is 14.4. The Bertz CT molecular complexity index is 1060. The van der Waals surface area contributed by atoms with Gasteiger partial charge < -0.3 is 14.6 Å². The lowest BCUT2D eigenvalue weighted by Gasteiger charge is -2.26. The first-order valence-electron chi connectivity index (χ1n) is 12.6. The van der Waals surface area contributed by atoms with E-state index in [0.717, 1.165) is 67.1 Å². The van der Waals surface area contributed by atoms with Crippen LogP contribution in [-0.2, 0) is 9.53 Å². The van der Waals surface area contributed by atoms with Crippen molar-refractivity contribution >= 4 is 17.7 Å². The van der Waals surface area contributed by atoms with E-state index in [1.54, 1.807) is 11.8 Å². The second-order valence-corrected chi connectivity index (χ2v) is 10.1. The summed E-state index contributed by atoms with van der Waals surface area (Å²) >= 11 is 1.74. The number of aromatic nitrogens is 2. The van der Waals surface area contributed by atoms with Crippen molar-refractivity contribution in [1.29, 1.82) is 0 Å². The highest BCUT2D eigenvalue weighted by atomic mass is 32.2. The highest BCUT2D eigenvalue weighted by molar-refractivity contribution is 7.99. The van der Waals surface area contributed by atoms with Crippen LogP contribution < -0.4 is 5.32 Å². The lowest BCUT2D eigenvalue weighted by molar-refractivity contribution is -0.121. The van der Waals surface area contributed by atoms with Gasteiger partial charge >= 0.3 is 0 Å². The largest absolute Gasteiger partial charge is 0.379 e. The summed E-state index contributed by atoms with van der Waals surface area (Å²) in [7, 11) is 0. The van der Waals surface area contributed by atoms with Gasteiger partial charge in [-0.15, -0.1) is 0 Å². The van der Waals surface area contributed by atoms with E-state index < -0.39 is 0 Å². The highest BCUT2D eigenvalue weighted by Gasteiger charge is 2.22. The Morgan fingerprint density at radius 3 is 2.34 bits per heavy atom. The van der Waals surface area contributed by atoms with Gasteiger partial charge in [0.15, 0.2) is 5.16 Å². The summed E-state index contributed by atoms with van der Waals surface area (Å²) in [6, 6.07) is 21.2. The number of carbonyl (C=O) groups excluding carboxylic acids is 1. The van der Waals surface area contributed by atoms with Crippen LogP contribution in [0.3, 0.4) is 0 Å². The predicted molar refractivity (Wildman–Crippen MR) is 144 cm³/mol. The Morgan fingerprint density at radius 1 is 1.03 bits per heavy atom. The van der Waals surface area contributed by atoms with Gasteiger partial charge in [-0.1, -0.05) is 72.4 Å². The van der Waals surface area contributed by atoms with Crippen molar-refractivity contribution in [2.45, 2.75) is 37.9 Å². The summed E-state index contributed by atoms with van der Waals surface area (Å²) in [6.07, 6.45) is 1.36. The lowest BCUT2D eigenvalue weighted by atomic mass is 10.0. The van der Waals surface area contributed by atoms with E-state index in [-0.39, 0.29) is 11.9 Å². The Balaban J connectivity index is 1.39. The molecule has 1 aromatic heterocycles. The molecule has 0 radical (unpaired) electrons. The number of hydrogen-bond donors (Lipinski definition) is 1. The minimum absolute atomic E-state index is 0.126. The Morgan fingerprint density at radius 2 is 1.69 bits per heavy atom. The second kappa shape index (κ2) is 12.9. The average Bonchev–Trinajstić information content (AvgIpc) is 3.28. The quantitative estimate of drug-likeness (QED) is 0.297. The van der Waals surface area contributed by atoms with Crippen LogP contribution in [0.25, 0.3) is 22.5 Å². The number of hydrogen-bond acceptors (Lipinski definition) is 5. The molecule has 0 bridgehead atoms. The Labute approximate surface area is 213 Å².